The molecule has 0 saturated heterocycles. The Balaban J connectivity index is -0.0000000312. The van der Waals surface area contributed by atoms with E-state index in [1.807, 2.05) is 0 Å². The first-order valence-corrected chi connectivity index (χ1v) is 1.82. The average Bonchev–Trinajstić information content (AvgIpc) is 1.76. The van der Waals surface area contributed by atoms with E-state index in [1.54, 1.807) is 0 Å². The smallest absolute Gasteiger partial charge is 1.00 e. The number of hydrogen-bond acceptors (Lipinski definition) is 0. The van der Waals surface area contributed by atoms with Crippen molar-refractivity contribution < 1.29 is 63.1 Å². The molecule has 0 aromatic carbocycles. The van der Waals surface area contributed by atoms with Crippen LogP contribution in [0.1, 0.15) is 6.42 Å². The summed E-state index contributed by atoms with van der Waals surface area (Å²) >= 11 is 0. The van der Waals surface area contributed by atoms with Crippen molar-refractivity contribution >= 4 is 0 Å². The van der Waals surface area contributed by atoms with Crippen LogP contribution in [-0.4, -0.2) is 0 Å². The SMILES string of the molecule is C1=CCC=C1.[Cl-].[Cl-].[Cl-].[Hf+3]. The maximum absolute atomic E-state index is 2.12. The van der Waals surface area contributed by atoms with Crippen molar-refractivity contribution in [3.05, 3.63) is 24.3 Å². The monoisotopic (exact) mass is 351 g/mol. The van der Waals surface area contributed by atoms with Gasteiger partial charge in [-0.05, 0) is 6.42 Å². The van der Waals surface area contributed by atoms with E-state index in [2.05, 4.69) is 24.3 Å². The van der Waals surface area contributed by atoms with Gasteiger partial charge in [-0.1, -0.05) is 24.3 Å². The standard InChI is InChI=1S/C5H6.3ClH.Hf/c1-2-4-5-3-1;;;;/h1-4H,5H2;3*1H;/q;;;;+3/p-3. The van der Waals surface area contributed by atoms with E-state index in [0.717, 1.165) is 6.42 Å². The van der Waals surface area contributed by atoms with Gasteiger partial charge in [0.2, 0.25) is 0 Å². The average molecular weight is 351 g/mol. The molecule has 4 heteroatoms. The summed E-state index contributed by atoms with van der Waals surface area (Å²) in [5, 5.41) is 0. The maximum Gasteiger partial charge on any atom is 3.00 e. The Morgan fingerprint density at radius 3 is 1.22 bits per heavy atom. The first kappa shape index (κ1) is 22.5. The van der Waals surface area contributed by atoms with Crippen molar-refractivity contribution in [3.8, 4) is 0 Å². The number of rotatable bonds is 0. The molecule has 51 valence electrons. The predicted molar refractivity (Wildman–Crippen MR) is 22.9 cm³/mol. The molecule has 1 rings (SSSR count). The van der Waals surface area contributed by atoms with Crippen molar-refractivity contribution in [1.29, 1.82) is 0 Å². The minimum Gasteiger partial charge on any atom is -1.00 e. The molecule has 0 atom stereocenters. The minimum atomic E-state index is 0. The molecule has 0 bridgehead atoms. The van der Waals surface area contributed by atoms with E-state index in [1.165, 1.54) is 0 Å². The fraction of sp³-hybridized carbons (Fsp3) is 0.200. The minimum absolute atomic E-state index is 0. The van der Waals surface area contributed by atoms with E-state index in [0.29, 0.717) is 0 Å². The van der Waals surface area contributed by atoms with Crippen LogP contribution in [-0.2, 0) is 25.8 Å². The Labute approximate surface area is 93.2 Å². The summed E-state index contributed by atoms with van der Waals surface area (Å²) in [5.41, 5.74) is 0. The quantitative estimate of drug-likeness (QED) is 0.381. The normalized spacial score (nSPS) is 9.78. The molecule has 0 amide bonds. The van der Waals surface area contributed by atoms with E-state index in [4.69, 9.17) is 0 Å². The Morgan fingerprint density at radius 1 is 0.778 bits per heavy atom. The van der Waals surface area contributed by atoms with Gasteiger partial charge in [-0.3, -0.25) is 0 Å². The van der Waals surface area contributed by atoms with Gasteiger partial charge in [0.05, 0.1) is 0 Å². The summed E-state index contributed by atoms with van der Waals surface area (Å²) < 4.78 is 0. The van der Waals surface area contributed by atoms with Crippen LogP contribution in [0.15, 0.2) is 24.3 Å². The fourth-order valence-corrected chi connectivity index (χ4v) is 0.393. The van der Waals surface area contributed by atoms with Gasteiger partial charge in [0.1, 0.15) is 0 Å². The molecule has 0 N–H and O–H groups in total. The van der Waals surface area contributed by atoms with E-state index < -0.39 is 0 Å². The maximum atomic E-state index is 2.12. The predicted octanol–water partition coefficient (Wildman–Crippen LogP) is -7.49. The van der Waals surface area contributed by atoms with Crippen molar-refractivity contribution in [2.75, 3.05) is 0 Å². The number of allylic oxidation sites excluding steroid dienone is 4. The summed E-state index contributed by atoms with van der Waals surface area (Å²) in [6.07, 6.45) is 9.50. The molecule has 1 radical (unpaired) electrons. The molecule has 0 nitrogen and oxygen atoms in total. The molecule has 0 unspecified atom stereocenters. The zero-order valence-corrected chi connectivity index (χ0v) is 10.5. The van der Waals surface area contributed by atoms with Gasteiger partial charge in [-0.15, -0.1) is 0 Å². The van der Waals surface area contributed by atoms with E-state index in [-0.39, 0.29) is 63.1 Å². The topological polar surface area (TPSA) is 0 Å². The third-order valence-electron chi connectivity index (χ3n) is 0.655. The van der Waals surface area contributed by atoms with Gasteiger partial charge in [-0.25, -0.2) is 0 Å². The molecule has 0 heterocycles. The summed E-state index contributed by atoms with van der Waals surface area (Å²) in [4.78, 5) is 0. The number of halogens is 3. The van der Waals surface area contributed by atoms with Gasteiger partial charge in [0.15, 0.2) is 0 Å². The second-order valence-electron chi connectivity index (χ2n) is 1.09. The molecular weight excluding hydrogens is 345 g/mol. The van der Waals surface area contributed by atoms with Gasteiger partial charge >= 0.3 is 25.8 Å². The summed E-state index contributed by atoms with van der Waals surface area (Å²) in [5.74, 6) is 0. The summed E-state index contributed by atoms with van der Waals surface area (Å²) in [6.45, 7) is 0. The van der Waals surface area contributed by atoms with E-state index in [9.17, 15) is 0 Å². The Hall–Kier alpha value is 1.22. The zero-order valence-electron chi connectivity index (χ0n) is 4.65. The largest absolute Gasteiger partial charge is 3.00 e. The van der Waals surface area contributed by atoms with E-state index >= 15 is 0 Å². The van der Waals surface area contributed by atoms with Gasteiger partial charge in [-0.2, -0.15) is 0 Å². The van der Waals surface area contributed by atoms with Crippen LogP contribution in [0.5, 0.6) is 0 Å². The summed E-state index contributed by atoms with van der Waals surface area (Å²) in [7, 11) is 0. The van der Waals surface area contributed by atoms with Crippen LogP contribution in [0, 0.1) is 0 Å². The Bertz CT molecular complexity index is 70.3. The second-order valence-corrected chi connectivity index (χ2v) is 1.09. The van der Waals surface area contributed by atoms with Crippen LogP contribution >= 0.6 is 0 Å². The molecule has 9 heavy (non-hydrogen) atoms. The first-order chi connectivity index (χ1) is 2.50. The van der Waals surface area contributed by atoms with Crippen molar-refractivity contribution in [2.45, 2.75) is 6.42 Å². The van der Waals surface area contributed by atoms with Gasteiger partial charge < -0.3 is 37.2 Å². The van der Waals surface area contributed by atoms with Gasteiger partial charge in [0, 0.05) is 0 Å². The molecule has 0 aliphatic heterocycles. The van der Waals surface area contributed by atoms with Gasteiger partial charge in [0.25, 0.3) is 0 Å². The third kappa shape index (κ3) is 12.4. The fourth-order valence-electron chi connectivity index (χ4n) is 0.393. The van der Waals surface area contributed by atoms with Crippen LogP contribution in [0.25, 0.3) is 0 Å². The molecule has 1 aliphatic rings. The second kappa shape index (κ2) is 16.1. The molecule has 0 fully saturated rings. The van der Waals surface area contributed by atoms with Crippen molar-refractivity contribution in [2.24, 2.45) is 0 Å². The molecule has 0 aromatic rings. The molecule has 0 aromatic heterocycles. The first-order valence-electron chi connectivity index (χ1n) is 1.82. The Kier molecular flexibility index (Phi) is 40.2. The van der Waals surface area contributed by atoms with Crippen LogP contribution in [0.4, 0.5) is 0 Å². The summed E-state index contributed by atoms with van der Waals surface area (Å²) in [6, 6.07) is 0. The van der Waals surface area contributed by atoms with Crippen molar-refractivity contribution in [3.63, 3.8) is 0 Å². The zero-order chi connectivity index (χ0) is 3.54. The molecule has 1 aliphatic carbocycles. The van der Waals surface area contributed by atoms with Crippen LogP contribution < -0.4 is 37.2 Å². The van der Waals surface area contributed by atoms with Crippen LogP contribution in [0.2, 0.25) is 0 Å². The Morgan fingerprint density at radius 2 is 1.11 bits per heavy atom. The molecule has 0 spiro atoms. The van der Waals surface area contributed by atoms with Crippen LogP contribution in [0.3, 0.4) is 0 Å². The molecular formula is C5H6Cl3Hf. The molecule has 0 saturated carbocycles. The number of hydrogen-bond donors (Lipinski definition) is 0. The third-order valence-corrected chi connectivity index (χ3v) is 0.655. The van der Waals surface area contributed by atoms with Crippen molar-refractivity contribution in [1.82, 2.24) is 0 Å².